The van der Waals surface area contributed by atoms with Crippen molar-refractivity contribution in [3.63, 3.8) is 0 Å². The van der Waals surface area contributed by atoms with Crippen molar-refractivity contribution in [3.8, 4) is 0 Å². The zero-order valence-corrected chi connectivity index (χ0v) is 33.5. The van der Waals surface area contributed by atoms with Gasteiger partial charge >= 0.3 is 22.4 Å². The Morgan fingerprint density at radius 2 is 0.804 bits per heavy atom. The molecule has 0 saturated carbocycles. The van der Waals surface area contributed by atoms with Gasteiger partial charge in [-0.25, -0.2) is 10.8 Å². The molecule has 4 aromatic rings. The van der Waals surface area contributed by atoms with Crippen LogP contribution in [0.4, 0.5) is 0 Å². The van der Waals surface area contributed by atoms with Crippen LogP contribution in [-0.4, -0.2) is 30.7 Å². The van der Waals surface area contributed by atoms with Gasteiger partial charge in [0.05, 0.1) is 26.2 Å². The molecule has 0 aliphatic heterocycles. The quantitative estimate of drug-likeness (QED) is 0.0703. The zero-order valence-electron chi connectivity index (χ0n) is 28.1. The van der Waals surface area contributed by atoms with Gasteiger partial charge in [-0.15, -0.1) is 0 Å². The van der Waals surface area contributed by atoms with Crippen molar-refractivity contribution in [2.45, 2.75) is 79.1 Å². The summed E-state index contributed by atoms with van der Waals surface area (Å²) in [6, 6.07) is 28.7. The molecule has 0 spiro atoms. The van der Waals surface area contributed by atoms with E-state index in [1.807, 2.05) is 36.4 Å². The van der Waals surface area contributed by atoms with Crippen molar-refractivity contribution in [1.82, 2.24) is 0 Å². The summed E-state index contributed by atoms with van der Waals surface area (Å²) in [6.45, 7) is 15.0. The number of quaternary nitrogens is 1. The van der Waals surface area contributed by atoms with Gasteiger partial charge in [0.15, 0.2) is 0 Å². The van der Waals surface area contributed by atoms with Gasteiger partial charge in [0, 0.05) is 0 Å². The van der Waals surface area contributed by atoms with E-state index in [0.29, 0.717) is 0 Å². The van der Waals surface area contributed by atoms with E-state index < -0.39 is 0 Å². The standard InChI is InChI=1S/C16H36N.2C12H10S2.Au/c1-5-9-13-17(14-10-6-2,15-11-7-3)16-12-8-4;2*13-8-12(14)11-6-5-9-3-1-2-4-10(9)7-11;/h5-16H2,1-4H3;2*1-8,13-14H;/q+1;;;+3/p-4/b;2*12-8-;. The Morgan fingerprint density at radius 3 is 1.09 bits per heavy atom. The molecule has 0 saturated heterocycles. The van der Waals surface area contributed by atoms with E-state index in [0.717, 1.165) is 20.9 Å². The van der Waals surface area contributed by atoms with Crippen LogP contribution in [0.2, 0.25) is 0 Å². The first-order chi connectivity index (χ1) is 21.9. The molecule has 0 bridgehead atoms. The van der Waals surface area contributed by atoms with Gasteiger partial charge in [-0.05, 0) is 70.5 Å². The molecule has 0 unspecified atom stereocenters. The Morgan fingerprint density at radius 1 is 0.500 bits per heavy atom. The average Bonchev–Trinajstić information content (AvgIpc) is 3.10. The van der Waals surface area contributed by atoms with Crippen LogP contribution < -0.4 is 0 Å². The number of fused-ring (bicyclic) bond motifs is 2. The maximum absolute atomic E-state index is 5.12. The van der Waals surface area contributed by atoms with Crippen LogP contribution >= 0.6 is 0 Å². The molecule has 0 N–H and O–H groups in total. The van der Waals surface area contributed by atoms with E-state index in [1.165, 1.54) is 104 Å². The van der Waals surface area contributed by atoms with Crippen LogP contribution in [-0.2, 0) is 72.9 Å². The van der Waals surface area contributed by atoms with E-state index in [9.17, 15) is 0 Å². The van der Waals surface area contributed by atoms with Gasteiger partial charge in [0.1, 0.15) is 0 Å². The maximum atomic E-state index is 5.12. The van der Waals surface area contributed by atoms with E-state index >= 15 is 0 Å². The molecular weight excluding hydrogens is 820 g/mol. The Hall–Kier alpha value is -1.54. The fraction of sp³-hybridized carbons (Fsp3) is 0.400. The Kier molecular flexibility index (Phi) is 22.7. The number of benzene rings is 4. The van der Waals surface area contributed by atoms with E-state index in [2.05, 4.69) is 76.2 Å². The zero-order chi connectivity index (χ0) is 32.9. The second-order valence-corrected chi connectivity index (χ2v) is 13.1. The summed E-state index contributed by atoms with van der Waals surface area (Å²) in [6.07, 6.45) is 11.1. The molecule has 46 heavy (non-hydrogen) atoms. The average molecular weight is 872 g/mol. The summed E-state index contributed by atoms with van der Waals surface area (Å²) in [7, 11) is 0. The number of hydrogen-bond donors (Lipinski definition) is 0. The van der Waals surface area contributed by atoms with Gasteiger partial charge in [-0.2, -0.15) is 9.81 Å². The number of unbranched alkanes of at least 4 members (excludes halogenated alkanes) is 4. The summed E-state index contributed by atoms with van der Waals surface area (Å²) in [4.78, 5) is 1.46. The maximum Gasteiger partial charge on any atom is 3.00 e. The first-order valence-electron chi connectivity index (χ1n) is 16.7. The molecule has 4 aromatic carbocycles. The largest absolute Gasteiger partial charge is 3.00 e. The summed E-state index contributed by atoms with van der Waals surface area (Å²) in [5.74, 6) is 0. The molecule has 0 aliphatic rings. The number of rotatable bonds is 14. The molecule has 4 rings (SSSR count). The minimum atomic E-state index is 0. The van der Waals surface area contributed by atoms with Crippen molar-refractivity contribution in [2.75, 3.05) is 26.2 Å². The van der Waals surface area contributed by atoms with Crippen LogP contribution in [0.15, 0.2) is 95.7 Å². The topological polar surface area (TPSA) is 0 Å². The molecule has 0 atom stereocenters. The minimum absolute atomic E-state index is 0. The second kappa shape index (κ2) is 24.6. The molecule has 252 valence electrons. The molecule has 0 amide bonds. The van der Waals surface area contributed by atoms with Gasteiger partial charge in [0.25, 0.3) is 0 Å². The normalized spacial score (nSPS) is 11.7. The Balaban J connectivity index is 0.000000343. The minimum Gasteiger partial charge on any atom is -0.789 e. The molecule has 0 aromatic heterocycles. The summed E-state index contributed by atoms with van der Waals surface area (Å²) >= 11 is 19.9. The Bertz CT molecular complexity index is 1340. The summed E-state index contributed by atoms with van der Waals surface area (Å²) in [5, 5.41) is 7.93. The molecule has 0 fully saturated rings. The van der Waals surface area contributed by atoms with Crippen LogP contribution in [0.5, 0.6) is 0 Å². The van der Waals surface area contributed by atoms with Crippen molar-refractivity contribution in [2.24, 2.45) is 0 Å². The third-order valence-electron chi connectivity index (χ3n) is 8.23. The van der Waals surface area contributed by atoms with Crippen molar-refractivity contribution >= 4 is 81.9 Å². The predicted octanol–water partition coefficient (Wildman–Crippen LogP) is 11.5. The predicted molar refractivity (Wildman–Crippen MR) is 213 cm³/mol. The van der Waals surface area contributed by atoms with Crippen LogP contribution in [0.3, 0.4) is 0 Å². The molecule has 0 heterocycles. The van der Waals surface area contributed by atoms with Gasteiger partial charge in [-0.1, -0.05) is 126 Å². The van der Waals surface area contributed by atoms with Crippen LogP contribution in [0, 0.1) is 0 Å². The van der Waals surface area contributed by atoms with E-state index in [-0.39, 0.29) is 22.4 Å². The first-order valence-corrected chi connectivity index (χ1v) is 18.4. The number of nitrogens with zero attached hydrogens (tertiary/aromatic N) is 1. The molecule has 6 heteroatoms. The number of hydrogen-bond acceptors (Lipinski definition) is 4. The summed E-state index contributed by atoms with van der Waals surface area (Å²) < 4.78 is 1.42. The van der Waals surface area contributed by atoms with Crippen molar-refractivity contribution < 1.29 is 26.9 Å². The van der Waals surface area contributed by atoms with E-state index in [4.69, 9.17) is 50.5 Å². The molecular formula is C40H52AuNS4. The van der Waals surface area contributed by atoms with Gasteiger partial charge in [-0.3, -0.25) is 0 Å². The third kappa shape index (κ3) is 14.7. The third-order valence-corrected chi connectivity index (χ3v) is 9.70. The molecule has 1 nitrogen and oxygen atoms in total. The molecule has 0 radical (unpaired) electrons. The first kappa shape index (κ1) is 42.5. The smallest absolute Gasteiger partial charge is 0.789 e. The van der Waals surface area contributed by atoms with Crippen LogP contribution in [0.25, 0.3) is 31.4 Å². The van der Waals surface area contributed by atoms with E-state index in [1.54, 1.807) is 10.8 Å². The molecule has 0 aliphatic carbocycles. The monoisotopic (exact) mass is 871 g/mol. The van der Waals surface area contributed by atoms with Crippen molar-refractivity contribution in [3.05, 3.63) is 107 Å². The fourth-order valence-electron chi connectivity index (χ4n) is 5.47. The SMILES string of the molecule is CCCC[N+](CCCC)(CCCC)CCCC.[Au+3].[S-]/C=C(\[S-])c1ccc2ccccc2c1.[S-]/C=C(\[S-])c1ccc2ccccc2c1. The fourth-order valence-corrected chi connectivity index (χ4v) is 5.99. The second-order valence-electron chi connectivity index (χ2n) is 11.7. The van der Waals surface area contributed by atoms with Crippen LogP contribution in [0.1, 0.15) is 90.2 Å². The van der Waals surface area contributed by atoms with Gasteiger partial charge < -0.3 is 55.0 Å². The van der Waals surface area contributed by atoms with Crippen molar-refractivity contribution in [1.29, 1.82) is 0 Å². The Labute approximate surface area is 318 Å². The van der Waals surface area contributed by atoms with Gasteiger partial charge in [0.2, 0.25) is 0 Å². The summed E-state index contributed by atoms with van der Waals surface area (Å²) in [5.41, 5.74) is 2.04.